The van der Waals surface area contributed by atoms with Gasteiger partial charge in [0.25, 0.3) is 0 Å². The highest BCUT2D eigenvalue weighted by Gasteiger charge is 2.13. The number of halogens is 1. The van der Waals surface area contributed by atoms with Crippen LogP contribution in [0.15, 0.2) is 36.4 Å². The van der Waals surface area contributed by atoms with Gasteiger partial charge in [0, 0.05) is 5.56 Å². The van der Waals surface area contributed by atoms with Crippen molar-refractivity contribution in [1.29, 1.82) is 0 Å². The van der Waals surface area contributed by atoms with Crippen LogP contribution in [0, 0.1) is 12.7 Å². The van der Waals surface area contributed by atoms with E-state index in [4.69, 9.17) is 4.74 Å². The van der Waals surface area contributed by atoms with Gasteiger partial charge in [-0.15, -0.1) is 0 Å². The quantitative estimate of drug-likeness (QED) is 0.885. The minimum Gasteiger partial charge on any atom is -0.508 e. The number of rotatable bonds is 4. The molecule has 1 atom stereocenters. The summed E-state index contributed by atoms with van der Waals surface area (Å²) in [5.74, 6) is 0.402. The average Bonchev–Trinajstić information content (AvgIpc) is 2.41. The highest BCUT2D eigenvalue weighted by atomic mass is 19.1. The van der Waals surface area contributed by atoms with Crippen LogP contribution in [0.1, 0.15) is 24.1 Å². The van der Waals surface area contributed by atoms with E-state index in [1.807, 2.05) is 32.0 Å². The van der Waals surface area contributed by atoms with Gasteiger partial charge in [-0.05, 0) is 49.7 Å². The Hall–Kier alpha value is -2.23. The van der Waals surface area contributed by atoms with E-state index in [9.17, 15) is 9.50 Å². The molecule has 0 radical (unpaired) electrons. The van der Waals surface area contributed by atoms with Gasteiger partial charge >= 0.3 is 0 Å². The van der Waals surface area contributed by atoms with E-state index in [1.165, 1.54) is 18.2 Å². The fourth-order valence-electron chi connectivity index (χ4n) is 2.12. The monoisotopic (exact) mass is 275 g/mol. The Morgan fingerprint density at radius 2 is 1.95 bits per heavy atom. The lowest BCUT2D eigenvalue weighted by Crippen LogP contribution is -2.08. The molecule has 0 aliphatic rings. The zero-order valence-corrected chi connectivity index (χ0v) is 11.8. The summed E-state index contributed by atoms with van der Waals surface area (Å²) in [6.07, 6.45) is 0. The lowest BCUT2D eigenvalue weighted by Gasteiger charge is -2.19. The van der Waals surface area contributed by atoms with Crippen LogP contribution in [-0.2, 0) is 0 Å². The molecule has 0 spiro atoms. The summed E-state index contributed by atoms with van der Waals surface area (Å²) in [4.78, 5) is 0. The minimum absolute atomic E-state index is 0.0676. The van der Waals surface area contributed by atoms with Gasteiger partial charge in [0.2, 0.25) is 0 Å². The van der Waals surface area contributed by atoms with Gasteiger partial charge in [-0.1, -0.05) is 6.07 Å². The largest absolute Gasteiger partial charge is 0.508 e. The Labute approximate surface area is 118 Å². The smallest absolute Gasteiger partial charge is 0.141 e. The molecule has 0 fully saturated rings. The van der Waals surface area contributed by atoms with Crippen LogP contribution < -0.4 is 10.1 Å². The van der Waals surface area contributed by atoms with Crippen molar-refractivity contribution in [2.45, 2.75) is 19.9 Å². The number of benzene rings is 2. The number of phenolic OH excluding ortho intramolecular Hbond substituents is 1. The molecule has 0 amide bonds. The third kappa shape index (κ3) is 3.02. The maximum absolute atomic E-state index is 13.3. The van der Waals surface area contributed by atoms with E-state index in [0.717, 1.165) is 11.3 Å². The van der Waals surface area contributed by atoms with Crippen molar-refractivity contribution in [3.8, 4) is 11.5 Å². The molecule has 0 saturated heterocycles. The molecule has 20 heavy (non-hydrogen) atoms. The lowest BCUT2D eigenvalue weighted by atomic mass is 10.1. The van der Waals surface area contributed by atoms with E-state index in [2.05, 4.69) is 5.32 Å². The van der Waals surface area contributed by atoms with Crippen molar-refractivity contribution in [1.82, 2.24) is 0 Å². The molecule has 0 aliphatic heterocycles. The summed E-state index contributed by atoms with van der Waals surface area (Å²) in [6, 6.07) is 9.45. The van der Waals surface area contributed by atoms with Crippen LogP contribution in [0.4, 0.5) is 10.1 Å². The number of anilines is 1. The van der Waals surface area contributed by atoms with Gasteiger partial charge in [-0.25, -0.2) is 4.39 Å². The predicted molar refractivity (Wildman–Crippen MR) is 77.8 cm³/mol. The Morgan fingerprint density at radius 3 is 2.65 bits per heavy atom. The zero-order valence-electron chi connectivity index (χ0n) is 11.8. The molecular weight excluding hydrogens is 257 g/mol. The summed E-state index contributed by atoms with van der Waals surface area (Å²) in [6.45, 7) is 3.84. The molecule has 2 N–H and O–H groups in total. The second kappa shape index (κ2) is 5.82. The molecule has 2 rings (SSSR count). The molecular formula is C16H18FNO2. The average molecular weight is 275 g/mol. The molecule has 1 unspecified atom stereocenters. The highest BCUT2D eigenvalue weighted by molar-refractivity contribution is 5.59. The number of phenols is 1. The molecule has 2 aromatic carbocycles. The van der Waals surface area contributed by atoms with Gasteiger partial charge in [0.05, 0.1) is 18.8 Å². The van der Waals surface area contributed by atoms with Crippen LogP contribution >= 0.6 is 0 Å². The summed E-state index contributed by atoms with van der Waals surface area (Å²) in [7, 11) is 1.60. The fourth-order valence-corrected chi connectivity index (χ4v) is 2.12. The summed E-state index contributed by atoms with van der Waals surface area (Å²) in [5, 5.41) is 13.1. The first-order chi connectivity index (χ1) is 9.51. The molecule has 0 bridgehead atoms. The lowest BCUT2D eigenvalue weighted by molar-refractivity contribution is 0.415. The number of nitrogens with one attached hydrogen (secondary N) is 1. The number of methoxy groups -OCH3 is 1. The SMILES string of the molecule is COc1ccc(C)cc1NC(C)c1cc(F)ccc1O. The zero-order chi connectivity index (χ0) is 14.7. The number of hydrogen-bond donors (Lipinski definition) is 2. The van der Waals surface area contributed by atoms with Crippen molar-refractivity contribution >= 4 is 5.69 Å². The summed E-state index contributed by atoms with van der Waals surface area (Å²) >= 11 is 0. The topological polar surface area (TPSA) is 41.5 Å². The third-order valence-corrected chi connectivity index (χ3v) is 3.18. The first-order valence-corrected chi connectivity index (χ1v) is 6.41. The predicted octanol–water partition coefficient (Wildman–Crippen LogP) is 4.02. The van der Waals surface area contributed by atoms with Crippen LogP contribution in [0.5, 0.6) is 11.5 Å². The maximum atomic E-state index is 13.3. The molecule has 0 saturated carbocycles. The highest BCUT2D eigenvalue weighted by Crippen LogP contribution is 2.32. The Balaban J connectivity index is 2.29. The van der Waals surface area contributed by atoms with Crippen molar-refractivity contribution in [3.05, 3.63) is 53.3 Å². The fraction of sp³-hybridized carbons (Fsp3) is 0.250. The Bertz CT molecular complexity index is 613. The van der Waals surface area contributed by atoms with Crippen molar-refractivity contribution < 1.29 is 14.2 Å². The molecule has 0 aliphatic carbocycles. The van der Waals surface area contributed by atoms with Gasteiger partial charge < -0.3 is 15.2 Å². The normalized spacial score (nSPS) is 12.0. The maximum Gasteiger partial charge on any atom is 0.141 e. The van der Waals surface area contributed by atoms with E-state index in [1.54, 1.807) is 7.11 Å². The van der Waals surface area contributed by atoms with E-state index >= 15 is 0 Å². The number of aromatic hydroxyl groups is 1. The molecule has 2 aromatic rings. The molecule has 0 aromatic heterocycles. The van der Waals surface area contributed by atoms with E-state index in [0.29, 0.717) is 11.3 Å². The van der Waals surface area contributed by atoms with Gasteiger partial charge in [0.15, 0.2) is 0 Å². The van der Waals surface area contributed by atoms with Crippen molar-refractivity contribution in [2.75, 3.05) is 12.4 Å². The van der Waals surface area contributed by atoms with Crippen LogP contribution in [-0.4, -0.2) is 12.2 Å². The van der Waals surface area contributed by atoms with E-state index in [-0.39, 0.29) is 17.6 Å². The van der Waals surface area contributed by atoms with Gasteiger partial charge in [-0.3, -0.25) is 0 Å². The van der Waals surface area contributed by atoms with Crippen LogP contribution in [0.3, 0.4) is 0 Å². The molecule has 3 nitrogen and oxygen atoms in total. The second-order valence-electron chi connectivity index (χ2n) is 4.77. The van der Waals surface area contributed by atoms with Crippen molar-refractivity contribution in [2.24, 2.45) is 0 Å². The van der Waals surface area contributed by atoms with E-state index < -0.39 is 0 Å². The first kappa shape index (κ1) is 14.2. The van der Waals surface area contributed by atoms with Gasteiger partial charge in [-0.2, -0.15) is 0 Å². The Morgan fingerprint density at radius 1 is 1.20 bits per heavy atom. The molecule has 0 heterocycles. The van der Waals surface area contributed by atoms with Crippen LogP contribution in [0.2, 0.25) is 0 Å². The first-order valence-electron chi connectivity index (χ1n) is 6.41. The second-order valence-corrected chi connectivity index (χ2v) is 4.77. The number of hydrogen-bond acceptors (Lipinski definition) is 3. The third-order valence-electron chi connectivity index (χ3n) is 3.18. The molecule has 106 valence electrons. The van der Waals surface area contributed by atoms with Crippen molar-refractivity contribution in [3.63, 3.8) is 0 Å². The summed E-state index contributed by atoms with van der Waals surface area (Å²) in [5.41, 5.74) is 2.40. The van der Waals surface area contributed by atoms with Gasteiger partial charge in [0.1, 0.15) is 17.3 Å². The number of ether oxygens (including phenoxy) is 1. The van der Waals surface area contributed by atoms with Crippen LogP contribution in [0.25, 0.3) is 0 Å². The minimum atomic E-state index is -0.373. The standard InChI is InChI=1S/C16H18FNO2/c1-10-4-7-16(20-3)14(8-10)18-11(2)13-9-12(17)5-6-15(13)19/h4-9,11,18-19H,1-3H3. The number of aryl methyl sites for hydroxylation is 1. The Kier molecular flexibility index (Phi) is 4.13. The summed E-state index contributed by atoms with van der Waals surface area (Å²) < 4.78 is 18.6. The molecule has 4 heteroatoms.